The van der Waals surface area contributed by atoms with Gasteiger partial charge in [0.15, 0.2) is 0 Å². The summed E-state index contributed by atoms with van der Waals surface area (Å²) in [6.45, 7) is 3.60. The fraction of sp³-hybridized carbons (Fsp3) is 0.857. The van der Waals surface area contributed by atoms with E-state index in [-0.39, 0.29) is 0 Å². The molecule has 0 aromatic carbocycles. The number of aryl methyl sites for hydroxylation is 1. The number of rotatable bonds is 5. The van der Waals surface area contributed by atoms with Crippen molar-refractivity contribution in [3.63, 3.8) is 0 Å². The Labute approximate surface area is 162 Å². The summed E-state index contributed by atoms with van der Waals surface area (Å²) in [5, 5.41) is 8.82. The molecule has 6 heteroatoms. The van der Waals surface area contributed by atoms with Gasteiger partial charge in [-0.3, -0.25) is 4.79 Å². The summed E-state index contributed by atoms with van der Waals surface area (Å²) < 4.78 is 7.54. The van der Waals surface area contributed by atoms with Crippen molar-refractivity contribution >= 4 is 5.91 Å². The Morgan fingerprint density at radius 3 is 2.59 bits per heavy atom. The number of hydrogen-bond donors (Lipinski definition) is 0. The molecule has 1 amide bonds. The highest BCUT2D eigenvalue weighted by Crippen LogP contribution is 2.42. The topological polar surface area (TPSA) is 60.3 Å². The van der Waals surface area contributed by atoms with E-state index in [1.54, 1.807) is 7.11 Å². The van der Waals surface area contributed by atoms with Gasteiger partial charge in [0.05, 0.1) is 6.61 Å². The summed E-state index contributed by atoms with van der Waals surface area (Å²) in [4.78, 5) is 14.8. The number of likely N-dealkylation sites (tertiary alicyclic amines) is 1. The second-order valence-corrected chi connectivity index (χ2v) is 8.91. The largest absolute Gasteiger partial charge is 0.384 e. The molecule has 6 nitrogen and oxygen atoms in total. The van der Waals surface area contributed by atoms with Gasteiger partial charge in [-0.05, 0) is 49.9 Å². The normalized spacial score (nSPS) is 22.8. The van der Waals surface area contributed by atoms with Gasteiger partial charge in [0.25, 0.3) is 0 Å². The maximum Gasteiger partial charge on any atom is 0.222 e. The van der Waals surface area contributed by atoms with Crippen molar-refractivity contribution in [2.24, 2.45) is 11.3 Å². The number of carbonyl (C=O) groups is 1. The van der Waals surface area contributed by atoms with Crippen LogP contribution in [0, 0.1) is 11.3 Å². The third-order valence-corrected chi connectivity index (χ3v) is 7.29. The van der Waals surface area contributed by atoms with E-state index < -0.39 is 0 Å². The number of hydrogen-bond acceptors (Lipinski definition) is 4. The molecule has 150 valence electrons. The first kappa shape index (κ1) is 18.9. The van der Waals surface area contributed by atoms with Crippen LogP contribution in [0.3, 0.4) is 0 Å². The zero-order valence-corrected chi connectivity index (χ0v) is 16.8. The van der Waals surface area contributed by atoms with Crippen LogP contribution in [0.25, 0.3) is 0 Å². The standard InChI is InChI=1S/C21H34N4O2/c1-27-15-7-19-23-22-18-6-8-21(11-14-25(18)19)9-12-24(13-10-21)20(26)16-17-4-2-3-5-17/h17H,2-16H2,1H3. The van der Waals surface area contributed by atoms with Gasteiger partial charge in [-0.15, -0.1) is 10.2 Å². The lowest BCUT2D eigenvalue weighted by molar-refractivity contribution is -0.134. The Kier molecular flexibility index (Phi) is 5.81. The average Bonchev–Trinajstić information content (AvgIpc) is 3.30. The zero-order chi connectivity index (χ0) is 18.7. The molecule has 1 aromatic heterocycles. The van der Waals surface area contributed by atoms with Gasteiger partial charge in [-0.1, -0.05) is 12.8 Å². The average molecular weight is 375 g/mol. The molecule has 4 rings (SSSR count). The van der Waals surface area contributed by atoms with Crippen LogP contribution in [0.1, 0.15) is 69.4 Å². The molecule has 1 saturated heterocycles. The van der Waals surface area contributed by atoms with Crippen molar-refractivity contribution in [2.45, 2.75) is 77.2 Å². The summed E-state index contributed by atoms with van der Waals surface area (Å²) in [6.07, 6.45) is 12.4. The van der Waals surface area contributed by atoms with Crippen LogP contribution in [-0.2, 0) is 28.9 Å². The molecular weight excluding hydrogens is 340 g/mol. The van der Waals surface area contributed by atoms with E-state index in [9.17, 15) is 4.79 Å². The fourth-order valence-electron chi connectivity index (χ4n) is 5.37. The second-order valence-electron chi connectivity index (χ2n) is 8.91. The van der Waals surface area contributed by atoms with Crippen molar-refractivity contribution in [3.8, 4) is 0 Å². The molecule has 3 aliphatic rings. The quantitative estimate of drug-likeness (QED) is 0.795. The Bertz CT molecular complexity index is 643. The Hall–Kier alpha value is -1.43. The van der Waals surface area contributed by atoms with Crippen molar-refractivity contribution < 1.29 is 9.53 Å². The van der Waals surface area contributed by atoms with Gasteiger partial charge in [-0.25, -0.2) is 0 Å². The SMILES string of the molecule is COCCc1nnc2n1CCC1(CC2)CCN(C(=O)CC2CCCC2)CC1. The van der Waals surface area contributed by atoms with Gasteiger partial charge < -0.3 is 14.2 Å². The number of carbonyl (C=O) groups excluding carboxylic acids is 1. The third-order valence-electron chi connectivity index (χ3n) is 7.29. The molecule has 0 atom stereocenters. The lowest BCUT2D eigenvalue weighted by atomic mass is 9.72. The first-order valence-electron chi connectivity index (χ1n) is 10.9. The molecule has 0 radical (unpaired) electrons. The van der Waals surface area contributed by atoms with Crippen LogP contribution in [-0.4, -0.2) is 52.4 Å². The highest BCUT2D eigenvalue weighted by Gasteiger charge is 2.38. The number of nitrogens with zero attached hydrogens (tertiary/aromatic N) is 4. The monoisotopic (exact) mass is 374 g/mol. The molecule has 1 aromatic rings. The maximum atomic E-state index is 12.7. The third kappa shape index (κ3) is 4.20. The molecular formula is C21H34N4O2. The summed E-state index contributed by atoms with van der Waals surface area (Å²) in [6, 6.07) is 0. The number of ether oxygens (including phenoxy) is 1. The molecule has 0 unspecified atom stereocenters. The second kappa shape index (κ2) is 8.29. The van der Waals surface area contributed by atoms with E-state index in [0.717, 1.165) is 63.4 Å². The summed E-state index contributed by atoms with van der Waals surface area (Å²) in [7, 11) is 1.73. The van der Waals surface area contributed by atoms with Gasteiger partial charge in [0.2, 0.25) is 5.91 Å². The van der Waals surface area contributed by atoms with Crippen molar-refractivity contribution in [3.05, 3.63) is 11.6 Å². The van der Waals surface area contributed by atoms with Crippen LogP contribution in [0.15, 0.2) is 0 Å². The van der Waals surface area contributed by atoms with Crippen LogP contribution in [0.2, 0.25) is 0 Å². The van der Waals surface area contributed by atoms with E-state index in [0.29, 0.717) is 23.8 Å². The summed E-state index contributed by atoms with van der Waals surface area (Å²) >= 11 is 0. The maximum absolute atomic E-state index is 12.7. The number of methoxy groups -OCH3 is 1. The van der Waals surface area contributed by atoms with Crippen molar-refractivity contribution in [2.75, 3.05) is 26.8 Å². The predicted octanol–water partition coefficient (Wildman–Crippen LogP) is 2.99. The molecule has 2 aliphatic heterocycles. The minimum atomic E-state index is 0.378. The van der Waals surface area contributed by atoms with Gasteiger partial charge >= 0.3 is 0 Å². The van der Waals surface area contributed by atoms with Crippen molar-refractivity contribution in [1.29, 1.82) is 0 Å². The van der Waals surface area contributed by atoms with Crippen LogP contribution >= 0.6 is 0 Å². The number of piperidine rings is 1. The van der Waals surface area contributed by atoms with Crippen LogP contribution < -0.4 is 0 Å². The molecule has 1 aliphatic carbocycles. The van der Waals surface area contributed by atoms with Gasteiger partial charge in [0, 0.05) is 46.0 Å². The Balaban J connectivity index is 1.32. The molecule has 2 fully saturated rings. The van der Waals surface area contributed by atoms with E-state index in [1.807, 2.05) is 0 Å². The van der Waals surface area contributed by atoms with E-state index >= 15 is 0 Å². The number of fused-ring (bicyclic) bond motifs is 1. The predicted molar refractivity (Wildman–Crippen MR) is 103 cm³/mol. The molecule has 1 spiro atoms. The first-order valence-corrected chi connectivity index (χ1v) is 10.9. The molecule has 27 heavy (non-hydrogen) atoms. The number of aromatic nitrogens is 3. The van der Waals surface area contributed by atoms with E-state index in [1.165, 1.54) is 38.5 Å². The Morgan fingerprint density at radius 2 is 1.85 bits per heavy atom. The zero-order valence-electron chi connectivity index (χ0n) is 16.8. The molecule has 1 saturated carbocycles. The summed E-state index contributed by atoms with van der Waals surface area (Å²) in [5.41, 5.74) is 0.378. The number of amides is 1. The van der Waals surface area contributed by atoms with Gasteiger partial charge in [0.1, 0.15) is 11.6 Å². The molecule has 3 heterocycles. The van der Waals surface area contributed by atoms with Crippen molar-refractivity contribution in [1.82, 2.24) is 19.7 Å². The highest BCUT2D eigenvalue weighted by molar-refractivity contribution is 5.76. The van der Waals surface area contributed by atoms with Crippen LogP contribution in [0.4, 0.5) is 0 Å². The minimum absolute atomic E-state index is 0.378. The van der Waals surface area contributed by atoms with E-state index in [4.69, 9.17) is 4.74 Å². The Morgan fingerprint density at radius 1 is 1.11 bits per heavy atom. The molecule has 0 N–H and O–H groups in total. The summed E-state index contributed by atoms with van der Waals surface area (Å²) in [5.74, 6) is 3.26. The van der Waals surface area contributed by atoms with E-state index in [2.05, 4.69) is 19.7 Å². The fourth-order valence-corrected chi connectivity index (χ4v) is 5.37. The highest BCUT2D eigenvalue weighted by atomic mass is 16.5. The van der Waals surface area contributed by atoms with Crippen LogP contribution in [0.5, 0.6) is 0 Å². The molecule has 0 bridgehead atoms. The first-order chi connectivity index (χ1) is 13.2. The minimum Gasteiger partial charge on any atom is -0.384 e. The lowest BCUT2D eigenvalue weighted by Crippen LogP contribution is -2.43. The van der Waals surface area contributed by atoms with Gasteiger partial charge in [-0.2, -0.15) is 0 Å². The smallest absolute Gasteiger partial charge is 0.222 e. The lowest BCUT2D eigenvalue weighted by Gasteiger charge is -2.41.